The minimum atomic E-state index is -0.292. The van der Waals surface area contributed by atoms with Gasteiger partial charge in [0, 0.05) is 46.0 Å². The normalized spacial score (nSPS) is 26.5. The molecule has 0 bridgehead atoms. The molecule has 8 heteroatoms. The average Bonchev–Trinajstić information content (AvgIpc) is 3.04. The predicted molar refractivity (Wildman–Crippen MR) is 103 cm³/mol. The van der Waals surface area contributed by atoms with Crippen LogP contribution in [0.1, 0.15) is 31.4 Å². The van der Waals surface area contributed by atoms with Gasteiger partial charge in [0.05, 0.1) is 50.2 Å². The Balaban J connectivity index is 1.27. The lowest BCUT2D eigenvalue weighted by Gasteiger charge is -2.40. The molecular formula is C20H32N4O4. The van der Waals surface area contributed by atoms with Gasteiger partial charge in [-0.15, -0.1) is 0 Å². The molecule has 0 radical (unpaired) electrons. The standard InChI is InChI=1S/C20H32N4O4/c1-22-17(2-6-21-22)15-23-8-4-20(5-9-23)14-19(25)24(10-11-28-20)7-3-18-16-26-12-13-27-18/h2,6,18H,3-5,7-16H2,1H3. The van der Waals surface area contributed by atoms with Crippen LogP contribution in [0.25, 0.3) is 0 Å². The summed E-state index contributed by atoms with van der Waals surface area (Å²) in [6.07, 6.45) is 5.09. The van der Waals surface area contributed by atoms with Crippen molar-refractivity contribution in [1.29, 1.82) is 0 Å². The van der Waals surface area contributed by atoms with Gasteiger partial charge in [-0.2, -0.15) is 5.10 Å². The minimum Gasteiger partial charge on any atom is -0.376 e. The Hall–Kier alpha value is -1.48. The molecule has 0 aliphatic carbocycles. The van der Waals surface area contributed by atoms with Gasteiger partial charge in [-0.25, -0.2) is 0 Å². The van der Waals surface area contributed by atoms with Crippen LogP contribution in [0.4, 0.5) is 0 Å². The van der Waals surface area contributed by atoms with Gasteiger partial charge in [-0.1, -0.05) is 0 Å². The van der Waals surface area contributed by atoms with Crippen LogP contribution in [-0.2, 0) is 32.6 Å². The third-order valence-corrected chi connectivity index (χ3v) is 6.28. The molecule has 0 N–H and O–H groups in total. The quantitative estimate of drug-likeness (QED) is 0.739. The maximum atomic E-state index is 12.9. The van der Waals surface area contributed by atoms with Crippen molar-refractivity contribution in [2.45, 2.75) is 43.9 Å². The number of hydrogen-bond acceptors (Lipinski definition) is 6. The summed E-state index contributed by atoms with van der Waals surface area (Å²) < 4.78 is 19.4. The fourth-order valence-corrected chi connectivity index (χ4v) is 4.40. The van der Waals surface area contributed by atoms with E-state index in [2.05, 4.69) is 16.1 Å². The number of likely N-dealkylation sites (tertiary alicyclic amines) is 1. The monoisotopic (exact) mass is 392 g/mol. The van der Waals surface area contributed by atoms with Crippen molar-refractivity contribution in [3.63, 3.8) is 0 Å². The molecule has 3 fully saturated rings. The number of aryl methyl sites for hydroxylation is 1. The molecule has 4 heterocycles. The largest absolute Gasteiger partial charge is 0.376 e. The first-order chi connectivity index (χ1) is 13.6. The van der Waals surface area contributed by atoms with Crippen molar-refractivity contribution in [1.82, 2.24) is 19.6 Å². The highest BCUT2D eigenvalue weighted by Gasteiger charge is 2.40. The zero-order chi connectivity index (χ0) is 19.4. The van der Waals surface area contributed by atoms with Crippen LogP contribution in [0.5, 0.6) is 0 Å². The second-order valence-electron chi connectivity index (χ2n) is 8.17. The van der Waals surface area contributed by atoms with E-state index in [-0.39, 0.29) is 17.6 Å². The average molecular weight is 393 g/mol. The Morgan fingerprint density at radius 3 is 2.79 bits per heavy atom. The highest BCUT2D eigenvalue weighted by Crippen LogP contribution is 2.33. The van der Waals surface area contributed by atoms with Gasteiger partial charge >= 0.3 is 0 Å². The van der Waals surface area contributed by atoms with Crippen molar-refractivity contribution in [3.05, 3.63) is 18.0 Å². The van der Waals surface area contributed by atoms with Gasteiger partial charge in [0.15, 0.2) is 0 Å². The molecule has 1 aromatic heterocycles. The number of ether oxygens (including phenoxy) is 3. The molecular weight excluding hydrogens is 360 g/mol. The second-order valence-corrected chi connectivity index (χ2v) is 8.17. The Morgan fingerprint density at radius 1 is 1.21 bits per heavy atom. The molecule has 3 aliphatic rings. The third-order valence-electron chi connectivity index (χ3n) is 6.28. The van der Waals surface area contributed by atoms with E-state index in [1.807, 2.05) is 22.8 Å². The third kappa shape index (κ3) is 4.74. The van der Waals surface area contributed by atoms with Crippen LogP contribution < -0.4 is 0 Å². The number of piperidine rings is 1. The number of carbonyl (C=O) groups is 1. The summed E-state index contributed by atoms with van der Waals surface area (Å²) in [7, 11) is 1.98. The molecule has 1 aromatic rings. The van der Waals surface area contributed by atoms with Gasteiger partial charge in [-0.05, 0) is 25.3 Å². The van der Waals surface area contributed by atoms with E-state index in [0.717, 1.165) is 45.4 Å². The van der Waals surface area contributed by atoms with Gasteiger partial charge in [0.25, 0.3) is 0 Å². The molecule has 1 unspecified atom stereocenters. The van der Waals surface area contributed by atoms with Crippen LogP contribution in [0.2, 0.25) is 0 Å². The molecule has 0 aromatic carbocycles. The van der Waals surface area contributed by atoms with Crippen molar-refractivity contribution < 1.29 is 19.0 Å². The summed E-state index contributed by atoms with van der Waals surface area (Å²) in [5.41, 5.74) is 0.924. The van der Waals surface area contributed by atoms with Crippen LogP contribution in [0.3, 0.4) is 0 Å². The first-order valence-corrected chi connectivity index (χ1v) is 10.4. The Morgan fingerprint density at radius 2 is 2.07 bits per heavy atom. The Kier molecular flexibility index (Phi) is 6.30. The molecule has 1 spiro atoms. The number of rotatable bonds is 5. The van der Waals surface area contributed by atoms with E-state index in [0.29, 0.717) is 39.4 Å². The van der Waals surface area contributed by atoms with E-state index < -0.39 is 0 Å². The molecule has 3 saturated heterocycles. The maximum absolute atomic E-state index is 12.9. The topological polar surface area (TPSA) is 69.1 Å². The van der Waals surface area contributed by atoms with Gasteiger partial charge in [0.1, 0.15) is 0 Å². The lowest BCUT2D eigenvalue weighted by molar-refractivity contribution is -0.136. The smallest absolute Gasteiger partial charge is 0.225 e. The van der Waals surface area contributed by atoms with E-state index in [1.165, 1.54) is 5.69 Å². The molecule has 3 aliphatic heterocycles. The van der Waals surface area contributed by atoms with Crippen LogP contribution in [0.15, 0.2) is 12.3 Å². The van der Waals surface area contributed by atoms with Crippen molar-refractivity contribution in [2.75, 3.05) is 52.6 Å². The lowest BCUT2D eigenvalue weighted by atomic mass is 9.87. The maximum Gasteiger partial charge on any atom is 0.225 e. The number of nitrogens with zero attached hydrogens (tertiary/aromatic N) is 4. The first kappa shape index (κ1) is 19.8. The van der Waals surface area contributed by atoms with Crippen molar-refractivity contribution in [3.8, 4) is 0 Å². The molecule has 156 valence electrons. The summed E-state index contributed by atoms with van der Waals surface area (Å²) in [6, 6.07) is 2.06. The number of hydrogen-bond donors (Lipinski definition) is 0. The van der Waals surface area contributed by atoms with E-state index in [1.54, 1.807) is 0 Å². The van der Waals surface area contributed by atoms with E-state index in [4.69, 9.17) is 14.2 Å². The zero-order valence-corrected chi connectivity index (χ0v) is 16.8. The SMILES string of the molecule is Cn1nccc1CN1CCC2(CC1)CC(=O)N(CCC1COCCO1)CCO2. The fourth-order valence-electron chi connectivity index (χ4n) is 4.40. The summed E-state index contributed by atoms with van der Waals surface area (Å²) in [5, 5.41) is 4.25. The summed E-state index contributed by atoms with van der Waals surface area (Å²) in [5.74, 6) is 0.217. The van der Waals surface area contributed by atoms with Gasteiger partial charge in [0.2, 0.25) is 5.91 Å². The van der Waals surface area contributed by atoms with Crippen LogP contribution in [0, 0.1) is 0 Å². The predicted octanol–water partition coefficient (Wildman–Crippen LogP) is 0.809. The highest BCUT2D eigenvalue weighted by molar-refractivity contribution is 5.77. The van der Waals surface area contributed by atoms with Crippen LogP contribution >= 0.6 is 0 Å². The number of amides is 1. The molecule has 0 saturated carbocycles. The summed E-state index contributed by atoms with van der Waals surface area (Å²) in [6.45, 7) is 6.77. The van der Waals surface area contributed by atoms with E-state index >= 15 is 0 Å². The van der Waals surface area contributed by atoms with Crippen molar-refractivity contribution >= 4 is 5.91 Å². The Labute approximate surface area is 166 Å². The molecule has 8 nitrogen and oxygen atoms in total. The minimum absolute atomic E-state index is 0.106. The van der Waals surface area contributed by atoms with Crippen molar-refractivity contribution in [2.24, 2.45) is 7.05 Å². The van der Waals surface area contributed by atoms with Gasteiger partial charge in [-0.3, -0.25) is 14.4 Å². The summed E-state index contributed by atoms with van der Waals surface area (Å²) in [4.78, 5) is 17.3. The highest BCUT2D eigenvalue weighted by atomic mass is 16.6. The fraction of sp³-hybridized carbons (Fsp3) is 0.800. The molecule has 1 atom stereocenters. The Bertz CT molecular complexity index is 650. The molecule has 4 rings (SSSR count). The molecule has 28 heavy (non-hydrogen) atoms. The first-order valence-electron chi connectivity index (χ1n) is 10.4. The number of carbonyl (C=O) groups excluding carboxylic acids is 1. The van der Waals surface area contributed by atoms with Crippen LogP contribution in [-0.4, -0.2) is 89.8 Å². The van der Waals surface area contributed by atoms with Gasteiger partial charge < -0.3 is 19.1 Å². The van der Waals surface area contributed by atoms with E-state index in [9.17, 15) is 4.79 Å². The number of aromatic nitrogens is 2. The molecule has 1 amide bonds. The summed E-state index contributed by atoms with van der Waals surface area (Å²) >= 11 is 0. The lowest BCUT2D eigenvalue weighted by Crippen LogP contribution is -2.47. The second kappa shape index (κ2) is 8.90. The zero-order valence-electron chi connectivity index (χ0n) is 16.8.